The zero-order chi connectivity index (χ0) is 20.0. The van der Waals surface area contributed by atoms with Crippen molar-refractivity contribution in [2.45, 2.75) is 6.92 Å². The number of benzene rings is 1. The fourth-order valence-corrected chi connectivity index (χ4v) is 3.38. The van der Waals surface area contributed by atoms with Crippen LogP contribution in [0.15, 0.2) is 23.2 Å². The van der Waals surface area contributed by atoms with Crippen LogP contribution >= 0.6 is 23.4 Å². The number of hydrogen-bond donors (Lipinski definition) is 1. The monoisotopic (exact) mass is 414 g/mol. The highest BCUT2D eigenvalue weighted by atomic mass is 35.5. The molecule has 0 unspecified atom stereocenters. The SMILES string of the molecule is CCOC(=O)/C=C1\SCC(=O)N1CCOC(=O)c1cc(Cl)c(N)cc1OC. The van der Waals surface area contributed by atoms with Gasteiger partial charge in [-0.25, -0.2) is 9.59 Å². The number of nitrogens with zero attached hydrogens (tertiary/aromatic N) is 1. The second-order valence-electron chi connectivity index (χ2n) is 5.28. The molecule has 1 heterocycles. The second-order valence-corrected chi connectivity index (χ2v) is 6.68. The predicted molar refractivity (Wildman–Crippen MR) is 102 cm³/mol. The molecule has 1 aliphatic heterocycles. The molecule has 1 aliphatic rings. The number of amides is 1. The number of anilines is 1. The Morgan fingerprint density at radius 3 is 2.78 bits per heavy atom. The molecule has 10 heteroatoms. The molecule has 0 aliphatic carbocycles. The highest BCUT2D eigenvalue weighted by Crippen LogP contribution is 2.30. The van der Waals surface area contributed by atoms with Crippen LogP contribution in [-0.2, 0) is 19.1 Å². The number of halogens is 1. The van der Waals surface area contributed by atoms with Crippen molar-refractivity contribution >= 4 is 46.9 Å². The lowest BCUT2D eigenvalue weighted by molar-refractivity contribution is -0.137. The number of nitrogens with two attached hydrogens (primary N) is 1. The minimum atomic E-state index is -0.663. The molecule has 0 radical (unpaired) electrons. The topological polar surface area (TPSA) is 108 Å². The van der Waals surface area contributed by atoms with E-state index in [-0.39, 0.29) is 53.4 Å². The lowest BCUT2D eigenvalue weighted by Crippen LogP contribution is -2.29. The van der Waals surface area contributed by atoms with Gasteiger partial charge in [-0.2, -0.15) is 0 Å². The van der Waals surface area contributed by atoms with Gasteiger partial charge in [-0.15, -0.1) is 0 Å². The summed E-state index contributed by atoms with van der Waals surface area (Å²) >= 11 is 7.16. The molecule has 0 bridgehead atoms. The van der Waals surface area contributed by atoms with Gasteiger partial charge in [0.1, 0.15) is 17.9 Å². The number of rotatable bonds is 7. The van der Waals surface area contributed by atoms with Gasteiger partial charge in [-0.1, -0.05) is 23.4 Å². The van der Waals surface area contributed by atoms with Gasteiger partial charge < -0.3 is 24.8 Å². The molecule has 0 atom stereocenters. The summed E-state index contributed by atoms with van der Waals surface area (Å²) in [7, 11) is 1.39. The van der Waals surface area contributed by atoms with E-state index in [4.69, 9.17) is 31.5 Å². The zero-order valence-electron chi connectivity index (χ0n) is 14.8. The summed E-state index contributed by atoms with van der Waals surface area (Å²) in [6.45, 7) is 1.97. The van der Waals surface area contributed by atoms with Crippen molar-refractivity contribution in [3.63, 3.8) is 0 Å². The van der Waals surface area contributed by atoms with Crippen LogP contribution in [-0.4, -0.2) is 55.4 Å². The number of hydrogen-bond acceptors (Lipinski definition) is 8. The van der Waals surface area contributed by atoms with Gasteiger partial charge in [0, 0.05) is 6.07 Å². The molecule has 1 aromatic rings. The minimum Gasteiger partial charge on any atom is -0.496 e. The number of methoxy groups -OCH3 is 1. The third kappa shape index (κ3) is 5.30. The van der Waals surface area contributed by atoms with Crippen LogP contribution in [0, 0.1) is 0 Å². The number of ether oxygens (including phenoxy) is 3. The van der Waals surface area contributed by atoms with E-state index in [1.165, 1.54) is 42.0 Å². The summed E-state index contributed by atoms with van der Waals surface area (Å²) in [5.41, 5.74) is 6.09. The van der Waals surface area contributed by atoms with Gasteiger partial charge in [0.25, 0.3) is 0 Å². The summed E-state index contributed by atoms with van der Waals surface area (Å²) in [5, 5.41) is 0.663. The molecule has 8 nitrogen and oxygen atoms in total. The molecule has 0 aromatic heterocycles. The number of thioether (sulfide) groups is 1. The standard InChI is InChI=1S/C17H19ClN2O6S/c1-3-25-16(22)8-15-20(14(21)9-27-15)4-5-26-17(23)10-6-11(18)12(19)7-13(10)24-2/h6-8H,3-5,9,19H2,1-2H3/b15-8-. The molecular weight excluding hydrogens is 396 g/mol. The van der Waals surface area contributed by atoms with Crippen molar-refractivity contribution in [2.24, 2.45) is 0 Å². The maximum absolute atomic E-state index is 12.3. The zero-order valence-corrected chi connectivity index (χ0v) is 16.4. The predicted octanol–water partition coefficient (Wildman–Crippen LogP) is 2.07. The Morgan fingerprint density at radius 2 is 2.11 bits per heavy atom. The van der Waals surface area contributed by atoms with Crippen molar-refractivity contribution in [2.75, 3.05) is 38.4 Å². The smallest absolute Gasteiger partial charge is 0.342 e. The van der Waals surface area contributed by atoms with Gasteiger partial charge in [0.05, 0.1) is 47.8 Å². The molecule has 2 rings (SSSR count). The number of carbonyl (C=O) groups is 3. The van der Waals surface area contributed by atoms with E-state index in [0.29, 0.717) is 5.03 Å². The Bertz CT molecular complexity index is 783. The minimum absolute atomic E-state index is 0.0730. The van der Waals surface area contributed by atoms with Crippen molar-refractivity contribution in [3.8, 4) is 5.75 Å². The van der Waals surface area contributed by atoms with E-state index < -0.39 is 11.9 Å². The highest BCUT2D eigenvalue weighted by molar-refractivity contribution is 8.04. The Morgan fingerprint density at radius 1 is 1.37 bits per heavy atom. The van der Waals surface area contributed by atoms with E-state index in [1.54, 1.807) is 6.92 Å². The number of esters is 2. The Kier molecular flexibility index (Phi) is 7.37. The molecule has 0 saturated carbocycles. The van der Waals surface area contributed by atoms with Crippen LogP contribution in [0.1, 0.15) is 17.3 Å². The Labute approximate surface area is 165 Å². The number of carbonyl (C=O) groups excluding carboxylic acids is 3. The molecule has 0 spiro atoms. The van der Waals surface area contributed by atoms with E-state index in [0.717, 1.165) is 0 Å². The van der Waals surface area contributed by atoms with Crippen molar-refractivity contribution in [1.29, 1.82) is 0 Å². The molecule has 1 fully saturated rings. The summed E-state index contributed by atoms with van der Waals surface area (Å²) in [6.07, 6.45) is 1.25. The molecule has 1 amide bonds. The molecule has 1 saturated heterocycles. The van der Waals surface area contributed by atoms with E-state index in [9.17, 15) is 14.4 Å². The van der Waals surface area contributed by atoms with Crippen LogP contribution in [0.25, 0.3) is 0 Å². The molecule has 27 heavy (non-hydrogen) atoms. The first-order valence-corrected chi connectivity index (χ1v) is 9.35. The first-order valence-electron chi connectivity index (χ1n) is 7.99. The van der Waals surface area contributed by atoms with E-state index in [2.05, 4.69) is 0 Å². The third-order valence-electron chi connectivity index (χ3n) is 3.53. The molecule has 1 aromatic carbocycles. The average molecular weight is 415 g/mol. The Balaban J connectivity index is 2.00. The van der Waals surface area contributed by atoms with Gasteiger partial charge in [-0.3, -0.25) is 4.79 Å². The van der Waals surface area contributed by atoms with Crippen LogP contribution in [0.4, 0.5) is 5.69 Å². The van der Waals surface area contributed by atoms with E-state index in [1.807, 2.05) is 0 Å². The molecule has 2 N–H and O–H groups in total. The Hall–Kier alpha value is -2.39. The first-order chi connectivity index (χ1) is 12.9. The second kappa shape index (κ2) is 9.52. The summed E-state index contributed by atoms with van der Waals surface area (Å²) in [5.74, 6) is -0.931. The first kappa shape index (κ1) is 20.9. The van der Waals surface area contributed by atoms with Crippen LogP contribution < -0.4 is 10.5 Å². The number of nitrogen functional groups attached to an aromatic ring is 1. The third-order valence-corrected chi connectivity index (χ3v) is 4.88. The van der Waals surface area contributed by atoms with Crippen LogP contribution in [0.5, 0.6) is 5.75 Å². The van der Waals surface area contributed by atoms with Crippen molar-refractivity contribution in [1.82, 2.24) is 4.90 Å². The summed E-state index contributed by atoms with van der Waals surface area (Å²) in [4.78, 5) is 37.2. The van der Waals surface area contributed by atoms with E-state index >= 15 is 0 Å². The highest BCUT2D eigenvalue weighted by Gasteiger charge is 2.27. The quantitative estimate of drug-likeness (QED) is 0.410. The average Bonchev–Trinajstić information content (AvgIpc) is 2.97. The molecular formula is C17H19ClN2O6S. The maximum Gasteiger partial charge on any atom is 0.342 e. The van der Waals surface area contributed by atoms with Crippen molar-refractivity contribution < 1.29 is 28.6 Å². The van der Waals surface area contributed by atoms with Crippen molar-refractivity contribution in [3.05, 3.63) is 33.8 Å². The fraction of sp³-hybridized carbons (Fsp3) is 0.353. The maximum atomic E-state index is 12.3. The van der Waals surface area contributed by atoms with Gasteiger partial charge in [-0.05, 0) is 13.0 Å². The summed E-state index contributed by atoms with van der Waals surface area (Å²) in [6, 6.07) is 2.79. The van der Waals surface area contributed by atoms with Gasteiger partial charge in [0.2, 0.25) is 5.91 Å². The van der Waals surface area contributed by atoms with Gasteiger partial charge in [0.15, 0.2) is 0 Å². The summed E-state index contributed by atoms with van der Waals surface area (Å²) < 4.78 is 15.2. The molecule has 146 valence electrons. The normalized spacial score (nSPS) is 15.1. The lowest BCUT2D eigenvalue weighted by atomic mass is 10.2. The van der Waals surface area contributed by atoms with Crippen LogP contribution in [0.2, 0.25) is 5.02 Å². The largest absolute Gasteiger partial charge is 0.496 e. The van der Waals surface area contributed by atoms with Crippen LogP contribution in [0.3, 0.4) is 0 Å². The fourth-order valence-electron chi connectivity index (χ4n) is 2.26. The lowest BCUT2D eigenvalue weighted by Gasteiger charge is -2.17. The van der Waals surface area contributed by atoms with Gasteiger partial charge >= 0.3 is 11.9 Å².